The van der Waals surface area contributed by atoms with E-state index >= 15 is 0 Å². The number of hydroxylamine groups is 2. The predicted molar refractivity (Wildman–Crippen MR) is 126 cm³/mol. The molecule has 7 rings (SSSR count). The highest BCUT2D eigenvalue weighted by atomic mass is 19.4. The first-order chi connectivity index (χ1) is 17.6. The number of aromatic hydroxyl groups is 1. The van der Waals surface area contributed by atoms with E-state index in [-0.39, 0.29) is 36.4 Å². The topological polar surface area (TPSA) is 82.1 Å². The van der Waals surface area contributed by atoms with Gasteiger partial charge in [-0.15, -0.1) is 0 Å². The summed E-state index contributed by atoms with van der Waals surface area (Å²) in [4.78, 5) is 13.9. The van der Waals surface area contributed by atoms with Crippen LogP contribution in [0.25, 0.3) is 0 Å². The smallest absolute Gasteiger partial charge is 0.416 e. The number of carbonyl (C=O) groups is 1. The van der Waals surface area contributed by atoms with Crippen LogP contribution in [-0.4, -0.2) is 40.2 Å². The number of ketones is 1. The molecule has 3 aliphatic carbocycles. The number of halogens is 3. The van der Waals surface area contributed by atoms with Gasteiger partial charge < -0.3 is 24.9 Å². The lowest BCUT2D eigenvalue weighted by Gasteiger charge is -2.67. The molecule has 2 aromatic rings. The number of alkyl halides is 3. The second-order valence-electron chi connectivity index (χ2n) is 11.4. The SMILES string of the molecule is O=C1C(CC2CC2)CC2(OCc3cccc(C(F)(F)F)c3)[C@H]3Cc4ccc(O)c5c4[C@@]2(CCN3[O-])[C@H]1O5. The molecule has 1 saturated heterocycles. The minimum atomic E-state index is -4.48. The summed E-state index contributed by atoms with van der Waals surface area (Å²) in [5.74, 6) is 0.283. The molecule has 3 fully saturated rings. The van der Waals surface area contributed by atoms with Gasteiger partial charge in [-0.05, 0) is 67.5 Å². The Morgan fingerprint density at radius 3 is 2.78 bits per heavy atom. The summed E-state index contributed by atoms with van der Waals surface area (Å²) in [6, 6.07) is 7.74. The molecular weight excluding hydrogens is 487 g/mol. The Hall–Kier alpha value is -2.62. The average molecular weight is 515 g/mol. The van der Waals surface area contributed by atoms with Crippen LogP contribution in [0.2, 0.25) is 0 Å². The van der Waals surface area contributed by atoms with Gasteiger partial charge in [-0.25, -0.2) is 0 Å². The highest BCUT2D eigenvalue weighted by Gasteiger charge is 2.75. The van der Waals surface area contributed by atoms with Crippen LogP contribution in [0.3, 0.4) is 0 Å². The summed E-state index contributed by atoms with van der Waals surface area (Å²) < 4.78 is 53.1. The Labute approximate surface area is 211 Å². The molecule has 2 aromatic carbocycles. The van der Waals surface area contributed by atoms with Gasteiger partial charge in [0.25, 0.3) is 0 Å². The Bertz CT molecular complexity index is 1290. The number of phenols is 1. The number of piperidine rings is 1. The van der Waals surface area contributed by atoms with E-state index in [1.165, 1.54) is 12.1 Å². The third-order valence-corrected chi connectivity index (χ3v) is 9.41. The summed E-state index contributed by atoms with van der Waals surface area (Å²) in [6.45, 7) is 0.0604. The monoisotopic (exact) mass is 514 g/mol. The predicted octanol–water partition coefficient (Wildman–Crippen LogP) is 4.88. The first-order valence-electron chi connectivity index (χ1n) is 12.9. The summed E-state index contributed by atoms with van der Waals surface area (Å²) in [5.41, 5.74) is -0.922. The Kier molecular flexibility index (Phi) is 4.89. The number of phenolic OH excluding ortho intramolecular Hbond substituents is 1. The van der Waals surface area contributed by atoms with Gasteiger partial charge >= 0.3 is 6.18 Å². The minimum Gasteiger partial charge on any atom is -0.785 e. The van der Waals surface area contributed by atoms with Crippen molar-refractivity contribution in [3.8, 4) is 11.5 Å². The fraction of sp³-hybridized carbons (Fsp3) is 0.536. The zero-order valence-electron chi connectivity index (χ0n) is 20.1. The maximum absolute atomic E-state index is 13.9. The van der Waals surface area contributed by atoms with Gasteiger partial charge in [0.2, 0.25) is 0 Å². The van der Waals surface area contributed by atoms with Crippen molar-refractivity contribution in [3.63, 3.8) is 0 Å². The minimum absolute atomic E-state index is 0.0215. The Morgan fingerprint density at radius 2 is 2.03 bits per heavy atom. The van der Waals surface area contributed by atoms with Crippen LogP contribution in [0.5, 0.6) is 11.5 Å². The van der Waals surface area contributed by atoms with Crippen molar-refractivity contribution in [1.82, 2.24) is 5.06 Å². The molecule has 2 aliphatic heterocycles. The molecule has 5 atom stereocenters. The van der Waals surface area contributed by atoms with Gasteiger partial charge in [-0.1, -0.05) is 31.0 Å². The molecule has 2 heterocycles. The molecule has 2 unspecified atom stereocenters. The van der Waals surface area contributed by atoms with Crippen LogP contribution in [0.4, 0.5) is 13.2 Å². The summed E-state index contributed by atoms with van der Waals surface area (Å²) >= 11 is 0. The van der Waals surface area contributed by atoms with Gasteiger partial charge in [0.05, 0.1) is 23.2 Å². The number of nitrogens with zero attached hydrogens (tertiary/aromatic N) is 1. The van der Waals surface area contributed by atoms with Crippen LogP contribution in [0.15, 0.2) is 36.4 Å². The lowest BCUT2D eigenvalue weighted by atomic mass is 9.47. The standard InChI is InChI=1S/C28H27F3NO5/c29-28(30,31)19-3-1-2-16(11-19)14-36-27-13-18(10-15-4-5-15)23(34)25-26(27)8-9-32(35)21(27)12-17-6-7-20(33)24(37-25)22(17)26/h1-3,6-7,11,15,18,21,25,33H,4-5,8-10,12-14H2/q-1/t18?,21-,25+,26+,27?/m1/s1. The van der Waals surface area contributed by atoms with E-state index in [4.69, 9.17) is 9.47 Å². The number of hydrogen-bond donors (Lipinski definition) is 1. The number of Topliss-reactive ketones (excluding diaryl/α,β-unsaturated/α-hetero) is 1. The zero-order chi connectivity index (χ0) is 25.7. The fourth-order valence-electron chi connectivity index (χ4n) is 7.68. The summed E-state index contributed by atoms with van der Waals surface area (Å²) in [6.07, 6.45) is -1.60. The first-order valence-corrected chi connectivity index (χ1v) is 12.9. The van der Waals surface area contributed by atoms with Gasteiger partial charge in [-0.3, -0.25) is 4.79 Å². The van der Waals surface area contributed by atoms with Crippen molar-refractivity contribution in [2.75, 3.05) is 6.54 Å². The van der Waals surface area contributed by atoms with Crippen molar-refractivity contribution in [2.45, 2.75) is 74.5 Å². The number of ether oxygens (including phenoxy) is 2. The van der Waals surface area contributed by atoms with E-state index in [0.29, 0.717) is 37.2 Å². The quantitative estimate of drug-likeness (QED) is 0.613. The molecule has 0 radical (unpaired) electrons. The summed E-state index contributed by atoms with van der Waals surface area (Å²) in [5, 5.41) is 25.1. The van der Waals surface area contributed by atoms with Crippen LogP contribution in [0, 0.1) is 17.0 Å². The second-order valence-corrected chi connectivity index (χ2v) is 11.4. The third-order valence-electron chi connectivity index (χ3n) is 9.41. The van der Waals surface area contributed by atoms with Crippen LogP contribution in [0.1, 0.15) is 54.4 Å². The molecule has 37 heavy (non-hydrogen) atoms. The van der Waals surface area contributed by atoms with Gasteiger partial charge in [0, 0.05) is 17.5 Å². The normalized spacial score (nSPS) is 34.3. The molecule has 0 aromatic heterocycles. The maximum atomic E-state index is 13.9. The molecule has 1 N–H and O–H groups in total. The lowest BCUT2D eigenvalue weighted by molar-refractivity contribution is -0.220. The highest BCUT2D eigenvalue weighted by Crippen LogP contribution is 2.67. The molecule has 6 nitrogen and oxygen atoms in total. The fourth-order valence-corrected chi connectivity index (χ4v) is 7.68. The van der Waals surface area contributed by atoms with Gasteiger partial charge in [0.1, 0.15) is 0 Å². The number of benzene rings is 2. The van der Waals surface area contributed by atoms with E-state index in [1.54, 1.807) is 12.1 Å². The van der Waals surface area contributed by atoms with Crippen molar-refractivity contribution in [3.05, 3.63) is 63.9 Å². The number of rotatable bonds is 5. The first kappa shape index (κ1) is 23.5. The average Bonchev–Trinajstić information content (AvgIpc) is 3.60. The lowest BCUT2D eigenvalue weighted by Crippen LogP contribution is -2.78. The zero-order valence-corrected chi connectivity index (χ0v) is 20.1. The Balaban J connectivity index is 1.37. The van der Waals surface area contributed by atoms with E-state index in [2.05, 4.69) is 0 Å². The maximum Gasteiger partial charge on any atom is 0.416 e. The van der Waals surface area contributed by atoms with Gasteiger partial charge in [-0.2, -0.15) is 13.2 Å². The van der Waals surface area contributed by atoms with Crippen LogP contribution in [-0.2, 0) is 34.2 Å². The van der Waals surface area contributed by atoms with E-state index in [9.17, 15) is 28.3 Å². The summed E-state index contributed by atoms with van der Waals surface area (Å²) in [7, 11) is 0. The molecule has 5 aliphatic rings. The van der Waals surface area contributed by atoms with Gasteiger partial charge in [0.15, 0.2) is 23.4 Å². The van der Waals surface area contributed by atoms with Crippen molar-refractivity contribution >= 4 is 5.78 Å². The largest absolute Gasteiger partial charge is 0.785 e. The van der Waals surface area contributed by atoms with Crippen molar-refractivity contribution in [1.29, 1.82) is 0 Å². The van der Waals surface area contributed by atoms with Crippen molar-refractivity contribution < 1.29 is 32.5 Å². The molecule has 2 saturated carbocycles. The van der Waals surface area contributed by atoms with E-state index in [1.807, 2.05) is 0 Å². The third kappa shape index (κ3) is 3.20. The molecule has 2 bridgehead atoms. The highest BCUT2D eigenvalue weighted by molar-refractivity contribution is 5.92. The molecule has 1 spiro atoms. The number of hydrogen-bond acceptors (Lipinski definition) is 6. The Morgan fingerprint density at radius 1 is 1.22 bits per heavy atom. The van der Waals surface area contributed by atoms with E-state index in [0.717, 1.165) is 41.2 Å². The van der Waals surface area contributed by atoms with Crippen LogP contribution >= 0.6 is 0 Å². The molecule has 0 amide bonds. The molecular formula is C28H27F3NO5-. The molecule has 9 heteroatoms. The van der Waals surface area contributed by atoms with Crippen molar-refractivity contribution in [2.24, 2.45) is 11.8 Å². The van der Waals surface area contributed by atoms with Crippen LogP contribution < -0.4 is 4.74 Å². The number of carbonyl (C=O) groups excluding carboxylic acids is 1. The second kappa shape index (κ2) is 7.71. The van der Waals surface area contributed by atoms with E-state index < -0.39 is 34.9 Å². The molecule has 196 valence electrons.